The molecule has 0 aromatic heterocycles. The van der Waals surface area contributed by atoms with Crippen LogP contribution in [0.3, 0.4) is 0 Å². The normalized spacial score (nSPS) is 23.2. The summed E-state index contributed by atoms with van der Waals surface area (Å²) >= 11 is 0. The van der Waals surface area contributed by atoms with Gasteiger partial charge in [-0.2, -0.15) is 19.8 Å². The minimum Gasteiger partial charge on any atom is -1.00 e. The second kappa shape index (κ2) is 5.66. The van der Waals surface area contributed by atoms with Gasteiger partial charge in [0.05, 0.1) is 0 Å². The zero-order valence-electron chi connectivity index (χ0n) is 7.91. The summed E-state index contributed by atoms with van der Waals surface area (Å²) in [6.07, 6.45) is 5.54. The number of rotatable bonds is 0. The summed E-state index contributed by atoms with van der Waals surface area (Å²) in [4.78, 5) is 0. The summed E-state index contributed by atoms with van der Waals surface area (Å²) in [6, 6.07) is 0. The van der Waals surface area contributed by atoms with Crippen LogP contribution in [0.15, 0.2) is 0 Å². The maximum atomic E-state index is 2.37. The minimum absolute atomic E-state index is 0. The van der Waals surface area contributed by atoms with E-state index in [-0.39, 0.29) is 35.5 Å². The molecular formula is C9H17ClMg. The second-order valence-corrected chi connectivity index (χ2v) is 4.12. The molecule has 11 heavy (non-hydrogen) atoms. The molecule has 0 aliphatic heterocycles. The smallest absolute Gasteiger partial charge is 1.00 e. The Balaban J connectivity index is 0. The summed E-state index contributed by atoms with van der Waals surface area (Å²) in [5, 5.41) is 0. The third-order valence-corrected chi connectivity index (χ3v) is 2.46. The van der Waals surface area contributed by atoms with Gasteiger partial charge in [0.1, 0.15) is 0 Å². The third-order valence-electron chi connectivity index (χ3n) is 2.46. The molecule has 1 rings (SSSR count). The van der Waals surface area contributed by atoms with Gasteiger partial charge in [-0.3, -0.25) is 0 Å². The van der Waals surface area contributed by atoms with Gasteiger partial charge in [0.25, 0.3) is 0 Å². The molecule has 2 heteroatoms. The van der Waals surface area contributed by atoms with Gasteiger partial charge < -0.3 is 18.3 Å². The molecular weight excluding hydrogens is 168 g/mol. The fraction of sp³-hybridized carbons (Fsp3) is 0.889. The molecule has 1 aliphatic rings. The molecule has 0 heterocycles. The van der Waals surface area contributed by atoms with Gasteiger partial charge in [-0.1, -0.05) is 26.7 Å². The van der Waals surface area contributed by atoms with Crippen LogP contribution in [-0.4, -0.2) is 23.1 Å². The Morgan fingerprint density at radius 1 is 1.09 bits per heavy atom. The first-order chi connectivity index (χ1) is 4.10. The van der Waals surface area contributed by atoms with Crippen molar-refractivity contribution in [1.29, 1.82) is 0 Å². The molecule has 0 nitrogen and oxygen atoms in total. The average molecular weight is 185 g/mol. The van der Waals surface area contributed by atoms with Crippen LogP contribution in [-0.2, 0) is 0 Å². The van der Waals surface area contributed by atoms with Crippen LogP contribution >= 0.6 is 0 Å². The van der Waals surface area contributed by atoms with E-state index in [4.69, 9.17) is 0 Å². The Kier molecular flexibility index (Phi) is 7.50. The van der Waals surface area contributed by atoms with Crippen molar-refractivity contribution in [3.63, 3.8) is 0 Å². The fourth-order valence-corrected chi connectivity index (χ4v) is 1.35. The van der Waals surface area contributed by atoms with E-state index in [2.05, 4.69) is 20.8 Å². The molecule has 0 atom stereocenters. The standard InChI is InChI=1S/C9H17.ClH.Mg/c1-8-4-6-9(2,3)7-5-8;;/h4-7H2,1-3H3;1H;/q-1;;+2/p-1. The van der Waals surface area contributed by atoms with Crippen molar-refractivity contribution in [3.8, 4) is 0 Å². The van der Waals surface area contributed by atoms with Crippen LogP contribution in [0.4, 0.5) is 0 Å². The first-order valence-corrected chi connectivity index (χ1v) is 3.91. The van der Waals surface area contributed by atoms with E-state index in [1.807, 2.05) is 0 Å². The molecule has 1 saturated carbocycles. The van der Waals surface area contributed by atoms with E-state index < -0.39 is 0 Å². The number of halogens is 1. The Bertz CT molecular complexity index is 91.7. The quantitative estimate of drug-likeness (QED) is 0.362. The predicted octanol–water partition coefficient (Wildman–Crippen LogP) is -0.196. The molecule has 0 aromatic rings. The van der Waals surface area contributed by atoms with Gasteiger partial charge in [0, 0.05) is 0 Å². The molecule has 0 unspecified atom stereocenters. The predicted molar refractivity (Wildman–Crippen MR) is 46.9 cm³/mol. The zero-order valence-corrected chi connectivity index (χ0v) is 10.1. The summed E-state index contributed by atoms with van der Waals surface area (Å²) in [7, 11) is 0. The van der Waals surface area contributed by atoms with Gasteiger partial charge in [-0.05, 0) is 5.41 Å². The Hall–Kier alpha value is 1.06. The second-order valence-electron chi connectivity index (χ2n) is 4.12. The Labute approximate surface area is 93.1 Å². The van der Waals surface area contributed by atoms with Crippen molar-refractivity contribution in [2.45, 2.75) is 46.5 Å². The topological polar surface area (TPSA) is 0 Å². The number of hydrogen-bond donors (Lipinski definition) is 0. The summed E-state index contributed by atoms with van der Waals surface area (Å²) in [6.45, 7) is 7.04. The Morgan fingerprint density at radius 2 is 1.45 bits per heavy atom. The van der Waals surface area contributed by atoms with Crippen molar-refractivity contribution < 1.29 is 12.4 Å². The van der Waals surface area contributed by atoms with E-state index in [9.17, 15) is 0 Å². The fourth-order valence-electron chi connectivity index (χ4n) is 1.35. The molecule has 0 radical (unpaired) electrons. The van der Waals surface area contributed by atoms with Gasteiger partial charge in [-0.15, -0.1) is 0 Å². The van der Waals surface area contributed by atoms with Gasteiger partial charge in [0.2, 0.25) is 0 Å². The van der Waals surface area contributed by atoms with Crippen LogP contribution in [0.25, 0.3) is 0 Å². The largest absolute Gasteiger partial charge is 2.00 e. The molecule has 1 aliphatic carbocycles. The van der Waals surface area contributed by atoms with E-state index in [0.29, 0.717) is 5.41 Å². The van der Waals surface area contributed by atoms with Crippen molar-refractivity contribution in [2.75, 3.05) is 0 Å². The molecule has 0 N–H and O–H groups in total. The monoisotopic (exact) mass is 184 g/mol. The SMILES string of the molecule is C[C-]1CCC(C)(C)CC1.[Cl-].[Mg+2]. The Morgan fingerprint density at radius 3 is 1.73 bits per heavy atom. The third kappa shape index (κ3) is 5.32. The van der Waals surface area contributed by atoms with E-state index >= 15 is 0 Å². The molecule has 0 amide bonds. The van der Waals surface area contributed by atoms with Crippen molar-refractivity contribution in [1.82, 2.24) is 0 Å². The maximum Gasteiger partial charge on any atom is 2.00 e. The first-order valence-electron chi connectivity index (χ1n) is 3.91. The van der Waals surface area contributed by atoms with Crippen LogP contribution in [0.2, 0.25) is 0 Å². The maximum absolute atomic E-state index is 2.37. The first kappa shape index (κ1) is 14.6. The van der Waals surface area contributed by atoms with Crippen molar-refractivity contribution >= 4 is 23.1 Å². The van der Waals surface area contributed by atoms with Crippen molar-refractivity contribution in [2.24, 2.45) is 5.41 Å². The summed E-state index contributed by atoms with van der Waals surface area (Å²) < 4.78 is 0. The summed E-state index contributed by atoms with van der Waals surface area (Å²) in [5.41, 5.74) is 0.638. The number of hydrogen-bond acceptors (Lipinski definition) is 0. The molecule has 62 valence electrons. The summed E-state index contributed by atoms with van der Waals surface area (Å²) in [5.74, 6) is 1.70. The van der Waals surface area contributed by atoms with Crippen LogP contribution in [0, 0.1) is 11.3 Å². The molecule has 0 bridgehead atoms. The molecule has 0 spiro atoms. The van der Waals surface area contributed by atoms with Crippen LogP contribution in [0.5, 0.6) is 0 Å². The van der Waals surface area contributed by atoms with Gasteiger partial charge in [0.15, 0.2) is 0 Å². The minimum atomic E-state index is 0. The molecule has 0 saturated heterocycles. The van der Waals surface area contributed by atoms with Gasteiger partial charge in [-0.25, -0.2) is 0 Å². The van der Waals surface area contributed by atoms with Gasteiger partial charge >= 0.3 is 23.1 Å². The van der Waals surface area contributed by atoms with E-state index in [0.717, 1.165) is 0 Å². The zero-order chi connectivity index (χ0) is 6.91. The van der Waals surface area contributed by atoms with E-state index in [1.165, 1.54) is 25.7 Å². The van der Waals surface area contributed by atoms with Crippen LogP contribution in [0.1, 0.15) is 46.5 Å². The van der Waals surface area contributed by atoms with Crippen molar-refractivity contribution in [3.05, 3.63) is 5.92 Å². The van der Waals surface area contributed by atoms with E-state index in [1.54, 1.807) is 5.92 Å². The molecule has 1 fully saturated rings. The average Bonchev–Trinajstić information content (AvgIpc) is 1.78. The van der Waals surface area contributed by atoms with Crippen LogP contribution < -0.4 is 12.4 Å². The molecule has 0 aromatic carbocycles.